The van der Waals surface area contributed by atoms with Crippen LogP contribution >= 0.6 is 11.6 Å². The van der Waals surface area contributed by atoms with E-state index in [1.54, 1.807) is 6.07 Å². The Bertz CT molecular complexity index is 1560. The minimum Gasteiger partial charge on any atom is -0.486 e. The molecule has 1 aliphatic rings. The molecule has 6 nitrogen and oxygen atoms in total. The number of amides is 1. The van der Waals surface area contributed by atoms with Crippen LogP contribution in [-0.2, 0) is 19.1 Å². The van der Waals surface area contributed by atoms with Crippen LogP contribution in [0.5, 0.6) is 5.75 Å². The number of ether oxygens (including phenoxy) is 1. The SMILES string of the molecule is Cc1cccc(Cl)c1Nc1nc2cc(C(=O)NCc3ccc(F)cc3C(F)(F)F)c3c(c2[nH]1)CC(C)(C)O3. The number of aryl methyl sites for hydroxylation is 1. The summed E-state index contributed by atoms with van der Waals surface area (Å²) in [6.45, 7) is 5.19. The molecule has 1 amide bonds. The lowest BCUT2D eigenvalue weighted by atomic mass is 9.98. The number of hydrogen-bond donors (Lipinski definition) is 3. The lowest BCUT2D eigenvalue weighted by molar-refractivity contribution is -0.138. The number of para-hydroxylation sites is 1. The van der Waals surface area contributed by atoms with Gasteiger partial charge in [0.1, 0.15) is 17.2 Å². The van der Waals surface area contributed by atoms with E-state index in [9.17, 15) is 22.4 Å². The van der Waals surface area contributed by atoms with Gasteiger partial charge in [0.05, 0.1) is 32.9 Å². The van der Waals surface area contributed by atoms with Crippen molar-refractivity contribution in [3.63, 3.8) is 0 Å². The minimum absolute atomic E-state index is 0.140. The van der Waals surface area contributed by atoms with Gasteiger partial charge in [0.25, 0.3) is 5.91 Å². The van der Waals surface area contributed by atoms with Gasteiger partial charge in [-0.2, -0.15) is 13.2 Å². The number of benzene rings is 3. The maximum Gasteiger partial charge on any atom is 0.416 e. The molecule has 3 N–H and O–H groups in total. The van der Waals surface area contributed by atoms with Crippen LogP contribution in [0.25, 0.3) is 11.0 Å². The van der Waals surface area contributed by atoms with E-state index >= 15 is 0 Å². The number of imidazole rings is 1. The highest BCUT2D eigenvalue weighted by molar-refractivity contribution is 6.33. The van der Waals surface area contributed by atoms with Crippen LogP contribution in [0.3, 0.4) is 0 Å². The number of rotatable bonds is 5. The highest BCUT2D eigenvalue weighted by Crippen LogP contribution is 2.42. The Balaban J connectivity index is 1.50. The standard InChI is InChI=1S/C27H23ClF4N4O2/c1-13-5-4-6-19(28)21(13)35-25-34-20-10-16(23-17(22(20)36-25)11-26(2,3)38-23)24(37)33-12-14-7-8-15(29)9-18(14)27(30,31)32/h4-10H,11-12H2,1-3H3,(H,33,37)(H2,34,35,36). The van der Waals surface area contributed by atoms with Crippen LogP contribution in [0.1, 0.15) is 46.5 Å². The molecule has 4 aromatic rings. The summed E-state index contributed by atoms with van der Waals surface area (Å²) in [4.78, 5) is 21.0. The molecule has 1 aromatic heterocycles. The summed E-state index contributed by atoms with van der Waals surface area (Å²) < 4.78 is 59.8. The molecular formula is C27H23ClF4N4O2. The number of aromatic nitrogens is 2. The average molecular weight is 547 g/mol. The molecule has 0 bridgehead atoms. The van der Waals surface area contributed by atoms with E-state index in [0.29, 0.717) is 45.9 Å². The van der Waals surface area contributed by atoms with Crippen LogP contribution in [-0.4, -0.2) is 21.5 Å². The molecule has 0 radical (unpaired) electrons. The second kappa shape index (κ2) is 9.20. The van der Waals surface area contributed by atoms with Gasteiger partial charge in [-0.15, -0.1) is 0 Å². The Morgan fingerprint density at radius 1 is 1.21 bits per heavy atom. The number of alkyl halides is 3. The lowest BCUT2D eigenvalue weighted by Crippen LogP contribution is -2.27. The van der Waals surface area contributed by atoms with Crippen LogP contribution in [0, 0.1) is 12.7 Å². The monoisotopic (exact) mass is 546 g/mol. The molecule has 3 aromatic carbocycles. The predicted octanol–water partition coefficient (Wildman–Crippen LogP) is 7.07. The number of H-pyrrole nitrogens is 1. The summed E-state index contributed by atoms with van der Waals surface area (Å²) in [6, 6.07) is 9.36. The second-order valence-corrected chi connectivity index (χ2v) is 10.2. The van der Waals surface area contributed by atoms with Gasteiger partial charge in [-0.25, -0.2) is 9.37 Å². The summed E-state index contributed by atoms with van der Waals surface area (Å²) in [5, 5.41) is 6.22. The molecule has 0 spiro atoms. The number of carbonyl (C=O) groups is 1. The maximum absolute atomic E-state index is 13.5. The Morgan fingerprint density at radius 2 is 1.97 bits per heavy atom. The van der Waals surface area contributed by atoms with E-state index in [4.69, 9.17) is 16.3 Å². The highest BCUT2D eigenvalue weighted by Gasteiger charge is 2.37. The quantitative estimate of drug-likeness (QED) is 0.234. The van der Waals surface area contributed by atoms with Crippen LogP contribution in [0.15, 0.2) is 42.5 Å². The van der Waals surface area contributed by atoms with Gasteiger partial charge in [0.15, 0.2) is 0 Å². The summed E-state index contributed by atoms with van der Waals surface area (Å²) in [6.07, 6.45) is -4.29. The normalized spacial score (nSPS) is 14.3. The molecule has 0 unspecified atom stereocenters. The number of nitrogens with one attached hydrogen (secondary N) is 3. The average Bonchev–Trinajstić information content (AvgIpc) is 3.38. The van der Waals surface area contributed by atoms with Gasteiger partial charge in [0, 0.05) is 18.5 Å². The third-order valence-corrected chi connectivity index (χ3v) is 6.66. The van der Waals surface area contributed by atoms with E-state index in [2.05, 4.69) is 20.6 Å². The Kier molecular flexibility index (Phi) is 6.25. The number of hydrogen-bond acceptors (Lipinski definition) is 4. The summed E-state index contributed by atoms with van der Waals surface area (Å²) in [5.74, 6) is -0.917. The van der Waals surface area contributed by atoms with E-state index < -0.39 is 35.6 Å². The Hall–Kier alpha value is -3.79. The second-order valence-electron chi connectivity index (χ2n) is 9.79. The third-order valence-electron chi connectivity index (χ3n) is 6.34. The molecule has 38 heavy (non-hydrogen) atoms. The molecule has 5 rings (SSSR count). The number of carbonyl (C=O) groups excluding carboxylic acids is 1. The van der Waals surface area contributed by atoms with Crippen molar-refractivity contribution in [2.24, 2.45) is 0 Å². The Morgan fingerprint density at radius 3 is 2.68 bits per heavy atom. The smallest absolute Gasteiger partial charge is 0.416 e. The zero-order valence-electron chi connectivity index (χ0n) is 20.6. The molecule has 2 heterocycles. The largest absolute Gasteiger partial charge is 0.486 e. The van der Waals surface area contributed by atoms with E-state index in [0.717, 1.165) is 23.3 Å². The number of fused-ring (bicyclic) bond motifs is 3. The predicted molar refractivity (Wildman–Crippen MR) is 137 cm³/mol. The van der Waals surface area contributed by atoms with Gasteiger partial charge in [0.2, 0.25) is 5.95 Å². The number of nitrogens with zero attached hydrogens (tertiary/aromatic N) is 1. The molecule has 11 heteroatoms. The van der Waals surface area contributed by atoms with Crippen LogP contribution in [0.2, 0.25) is 5.02 Å². The van der Waals surface area contributed by atoms with E-state index in [1.165, 1.54) is 6.07 Å². The van der Waals surface area contributed by atoms with Crippen molar-refractivity contribution >= 4 is 40.2 Å². The van der Waals surface area contributed by atoms with Crippen molar-refractivity contribution < 1.29 is 27.1 Å². The maximum atomic E-state index is 13.5. The number of anilines is 2. The Labute approximate surface area is 220 Å². The zero-order chi connectivity index (χ0) is 27.4. The van der Waals surface area contributed by atoms with E-state index in [-0.39, 0.29) is 11.1 Å². The summed E-state index contributed by atoms with van der Waals surface area (Å²) in [7, 11) is 0. The molecule has 0 saturated heterocycles. The van der Waals surface area contributed by atoms with Crippen LogP contribution < -0.4 is 15.4 Å². The first-order chi connectivity index (χ1) is 17.8. The fourth-order valence-corrected chi connectivity index (χ4v) is 4.87. The van der Waals surface area contributed by atoms with Gasteiger partial charge in [-0.05, 0) is 56.2 Å². The van der Waals surface area contributed by atoms with Gasteiger partial charge < -0.3 is 20.4 Å². The lowest BCUT2D eigenvalue weighted by Gasteiger charge is -2.18. The fourth-order valence-electron chi connectivity index (χ4n) is 4.60. The fraction of sp³-hybridized carbons (Fsp3) is 0.259. The van der Waals surface area contributed by atoms with Gasteiger partial charge in [-0.1, -0.05) is 29.8 Å². The van der Waals surface area contributed by atoms with Gasteiger partial charge >= 0.3 is 6.18 Å². The minimum atomic E-state index is -4.77. The van der Waals surface area contributed by atoms with Crippen molar-refractivity contribution in [3.05, 3.63) is 81.1 Å². The molecule has 0 atom stereocenters. The van der Waals surface area contributed by atoms with Crippen molar-refractivity contribution in [2.45, 2.75) is 45.5 Å². The van der Waals surface area contributed by atoms with Gasteiger partial charge in [-0.3, -0.25) is 4.79 Å². The molecular weight excluding hydrogens is 524 g/mol. The number of halogens is 5. The molecule has 0 aliphatic carbocycles. The van der Waals surface area contributed by atoms with Crippen molar-refractivity contribution in [2.75, 3.05) is 5.32 Å². The summed E-state index contributed by atoms with van der Waals surface area (Å²) in [5.41, 5.74) is 1.58. The topological polar surface area (TPSA) is 79.0 Å². The van der Waals surface area contributed by atoms with Crippen molar-refractivity contribution in [3.8, 4) is 5.75 Å². The van der Waals surface area contributed by atoms with Crippen molar-refractivity contribution in [1.82, 2.24) is 15.3 Å². The first-order valence-corrected chi connectivity index (χ1v) is 12.1. The first kappa shape index (κ1) is 25.8. The van der Waals surface area contributed by atoms with Crippen molar-refractivity contribution in [1.29, 1.82) is 0 Å². The molecule has 0 fully saturated rings. The van der Waals surface area contributed by atoms with Crippen LogP contribution in [0.4, 0.5) is 29.2 Å². The molecule has 1 aliphatic heterocycles. The summed E-state index contributed by atoms with van der Waals surface area (Å²) >= 11 is 6.34. The van der Waals surface area contributed by atoms with E-state index in [1.807, 2.05) is 32.9 Å². The number of aromatic amines is 1. The molecule has 0 saturated carbocycles. The zero-order valence-corrected chi connectivity index (χ0v) is 21.4. The first-order valence-electron chi connectivity index (χ1n) is 11.7. The molecule has 198 valence electrons. The highest BCUT2D eigenvalue weighted by atomic mass is 35.5. The third kappa shape index (κ3) is 4.88.